The van der Waals surface area contributed by atoms with Crippen molar-refractivity contribution in [3.8, 4) is 0 Å². The van der Waals surface area contributed by atoms with E-state index in [-0.39, 0.29) is 11.3 Å². The minimum absolute atomic E-state index is 0.0707. The number of amides is 1. The van der Waals surface area contributed by atoms with E-state index in [0.29, 0.717) is 6.54 Å². The fraction of sp³-hybridized carbons (Fsp3) is 0.316. The molecule has 1 heterocycles. The smallest absolute Gasteiger partial charge is 0.259 e. The van der Waals surface area contributed by atoms with Gasteiger partial charge in [0.05, 0.1) is 11.3 Å². The molecule has 1 aliphatic rings. The lowest BCUT2D eigenvalue weighted by atomic mass is 9.87. The molecule has 0 aromatic heterocycles. The summed E-state index contributed by atoms with van der Waals surface area (Å²) in [6.07, 6.45) is 0. The Morgan fingerprint density at radius 2 is 1.77 bits per heavy atom. The van der Waals surface area contributed by atoms with Crippen molar-refractivity contribution in [2.24, 2.45) is 0 Å². The molecule has 0 saturated carbocycles. The molecule has 2 aromatic carbocycles. The van der Waals surface area contributed by atoms with Gasteiger partial charge in [-0.2, -0.15) is 0 Å². The van der Waals surface area contributed by atoms with Gasteiger partial charge in [0.1, 0.15) is 0 Å². The molecule has 3 heteroatoms. The van der Waals surface area contributed by atoms with Gasteiger partial charge in [0.2, 0.25) is 0 Å². The number of carbonyl (C=O) groups excluding carboxylic acids is 1. The Morgan fingerprint density at radius 3 is 2.45 bits per heavy atom. The van der Waals surface area contributed by atoms with Crippen molar-refractivity contribution < 1.29 is 4.79 Å². The standard InChI is InChI=1S/C19H21NOS/c1-5-20-15-12-13(19(2,3)4)10-11-17(15)22-16-9-7-6-8-14(16)18(20)21/h6-12H,5H2,1-4H3. The molecule has 1 amide bonds. The Kier molecular flexibility index (Phi) is 3.77. The Labute approximate surface area is 136 Å². The van der Waals surface area contributed by atoms with Gasteiger partial charge in [0.15, 0.2) is 0 Å². The van der Waals surface area contributed by atoms with Crippen molar-refractivity contribution in [1.29, 1.82) is 0 Å². The quantitative estimate of drug-likeness (QED) is 0.729. The SMILES string of the molecule is CCN1C(=O)c2ccccc2Sc2ccc(C(C)(C)C)cc21. The zero-order valence-corrected chi connectivity index (χ0v) is 14.3. The van der Waals surface area contributed by atoms with E-state index in [1.54, 1.807) is 11.8 Å². The lowest BCUT2D eigenvalue weighted by molar-refractivity contribution is 0.0985. The van der Waals surface area contributed by atoms with Gasteiger partial charge in [0.25, 0.3) is 5.91 Å². The van der Waals surface area contributed by atoms with Crippen molar-refractivity contribution in [2.45, 2.75) is 42.9 Å². The van der Waals surface area contributed by atoms with Crippen LogP contribution in [0.15, 0.2) is 52.3 Å². The zero-order valence-electron chi connectivity index (χ0n) is 13.5. The van der Waals surface area contributed by atoms with E-state index in [9.17, 15) is 4.79 Å². The molecule has 0 radical (unpaired) electrons. The van der Waals surface area contributed by atoms with Gasteiger partial charge in [-0.1, -0.05) is 50.7 Å². The third kappa shape index (κ3) is 2.54. The minimum atomic E-state index is 0.0707. The van der Waals surface area contributed by atoms with E-state index >= 15 is 0 Å². The number of nitrogens with zero attached hydrogens (tertiary/aromatic N) is 1. The number of fused-ring (bicyclic) bond motifs is 2. The van der Waals surface area contributed by atoms with Gasteiger partial charge in [0, 0.05) is 16.3 Å². The Morgan fingerprint density at radius 1 is 1.05 bits per heavy atom. The molecule has 0 N–H and O–H groups in total. The number of anilines is 1. The summed E-state index contributed by atoms with van der Waals surface area (Å²) >= 11 is 1.68. The largest absolute Gasteiger partial charge is 0.307 e. The van der Waals surface area contributed by atoms with E-state index in [0.717, 1.165) is 21.0 Å². The molecule has 0 saturated heterocycles. The summed E-state index contributed by atoms with van der Waals surface area (Å²) < 4.78 is 0. The van der Waals surface area contributed by atoms with E-state index in [1.807, 2.05) is 36.1 Å². The number of hydrogen-bond acceptors (Lipinski definition) is 2. The van der Waals surface area contributed by atoms with Crippen LogP contribution >= 0.6 is 11.8 Å². The summed E-state index contributed by atoms with van der Waals surface area (Å²) in [5.41, 5.74) is 3.15. The first-order valence-electron chi connectivity index (χ1n) is 7.65. The second kappa shape index (κ2) is 5.47. The van der Waals surface area contributed by atoms with Crippen LogP contribution in [0.5, 0.6) is 0 Å². The highest BCUT2D eigenvalue weighted by molar-refractivity contribution is 7.99. The summed E-state index contributed by atoms with van der Waals surface area (Å²) in [6.45, 7) is 9.31. The van der Waals surface area contributed by atoms with Crippen LogP contribution in [0, 0.1) is 0 Å². The van der Waals surface area contributed by atoms with Gasteiger partial charge in [-0.15, -0.1) is 0 Å². The topological polar surface area (TPSA) is 20.3 Å². The normalized spacial score (nSPS) is 14.4. The highest BCUT2D eigenvalue weighted by Crippen LogP contribution is 2.42. The molecule has 1 aliphatic heterocycles. The van der Waals surface area contributed by atoms with Crippen LogP contribution < -0.4 is 4.90 Å². The molecule has 0 aliphatic carbocycles. The van der Waals surface area contributed by atoms with E-state index < -0.39 is 0 Å². The number of rotatable bonds is 1. The van der Waals surface area contributed by atoms with Crippen LogP contribution in [0.4, 0.5) is 5.69 Å². The highest BCUT2D eigenvalue weighted by Gasteiger charge is 2.27. The van der Waals surface area contributed by atoms with Gasteiger partial charge in [-0.05, 0) is 42.2 Å². The van der Waals surface area contributed by atoms with Gasteiger partial charge in [-0.25, -0.2) is 0 Å². The minimum Gasteiger partial charge on any atom is -0.307 e. The van der Waals surface area contributed by atoms with Crippen molar-refractivity contribution >= 4 is 23.4 Å². The second-order valence-corrected chi connectivity index (χ2v) is 7.66. The molecule has 2 aromatic rings. The fourth-order valence-corrected chi connectivity index (χ4v) is 3.76. The maximum absolute atomic E-state index is 12.9. The van der Waals surface area contributed by atoms with E-state index in [2.05, 4.69) is 39.0 Å². The predicted octanol–water partition coefficient (Wildman–Crippen LogP) is 5.12. The lowest BCUT2D eigenvalue weighted by Gasteiger charge is -2.25. The fourth-order valence-electron chi connectivity index (χ4n) is 2.70. The zero-order chi connectivity index (χ0) is 15.9. The van der Waals surface area contributed by atoms with Crippen LogP contribution in [-0.4, -0.2) is 12.5 Å². The maximum Gasteiger partial charge on any atom is 0.259 e. The first-order chi connectivity index (χ1) is 10.4. The van der Waals surface area contributed by atoms with E-state index in [1.165, 1.54) is 5.56 Å². The third-order valence-corrected chi connectivity index (χ3v) is 5.16. The summed E-state index contributed by atoms with van der Waals surface area (Å²) in [5.74, 6) is 0.0930. The molecule has 0 unspecified atom stereocenters. The molecule has 2 nitrogen and oxygen atoms in total. The molecule has 22 heavy (non-hydrogen) atoms. The highest BCUT2D eigenvalue weighted by atomic mass is 32.2. The van der Waals surface area contributed by atoms with Gasteiger partial charge < -0.3 is 4.90 Å². The molecule has 0 fully saturated rings. The summed E-state index contributed by atoms with van der Waals surface area (Å²) in [6, 6.07) is 14.4. The Hall–Kier alpha value is -1.74. The van der Waals surface area contributed by atoms with E-state index in [4.69, 9.17) is 0 Å². The summed E-state index contributed by atoms with van der Waals surface area (Å²) in [5, 5.41) is 0. The van der Waals surface area contributed by atoms with Crippen LogP contribution in [0.2, 0.25) is 0 Å². The number of hydrogen-bond donors (Lipinski definition) is 0. The number of carbonyl (C=O) groups is 1. The van der Waals surface area contributed by atoms with Crippen LogP contribution in [0.25, 0.3) is 0 Å². The average molecular weight is 311 g/mol. The third-order valence-electron chi connectivity index (χ3n) is 4.01. The second-order valence-electron chi connectivity index (χ2n) is 6.58. The first kappa shape index (κ1) is 15.2. The molecular weight excluding hydrogens is 290 g/mol. The average Bonchev–Trinajstić information content (AvgIpc) is 2.60. The van der Waals surface area contributed by atoms with Crippen molar-refractivity contribution in [3.63, 3.8) is 0 Å². The molecule has 3 rings (SSSR count). The molecular formula is C19H21NOS. The molecule has 0 spiro atoms. The predicted molar refractivity (Wildman–Crippen MR) is 93.1 cm³/mol. The van der Waals surface area contributed by atoms with Crippen molar-refractivity contribution in [3.05, 3.63) is 53.6 Å². The van der Waals surface area contributed by atoms with Gasteiger partial charge >= 0.3 is 0 Å². The van der Waals surface area contributed by atoms with Crippen molar-refractivity contribution in [1.82, 2.24) is 0 Å². The lowest BCUT2D eigenvalue weighted by Crippen LogP contribution is -2.30. The van der Waals surface area contributed by atoms with Crippen LogP contribution in [0.1, 0.15) is 43.6 Å². The Bertz CT molecular complexity index is 730. The van der Waals surface area contributed by atoms with Crippen LogP contribution in [-0.2, 0) is 5.41 Å². The van der Waals surface area contributed by atoms with Gasteiger partial charge in [-0.3, -0.25) is 4.79 Å². The Balaban J connectivity index is 2.19. The summed E-state index contributed by atoms with van der Waals surface area (Å²) in [4.78, 5) is 17.0. The molecule has 0 atom stereocenters. The number of benzene rings is 2. The molecule has 114 valence electrons. The maximum atomic E-state index is 12.9. The van der Waals surface area contributed by atoms with Crippen molar-refractivity contribution in [2.75, 3.05) is 11.4 Å². The first-order valence-corrected chi connectivity index (χ1v) is 8.46. The molecule has 0 bridgehead atoms. The van der Waals surface area contributed by atoms with Crippen LogP contribution in [0.3, 0.4) is 0 Å². The monoisotopic (exact) mass is 311 g/mol. The summed E-state index contributed by atoms with van der Waals surface area (Å²) in [7, 11) is 0.